The van der Waals surface area contributed by atoms with Crippen LogP contribution in [0, 0.1) is 6.92 Å². The maximum atomic E-state index is 12.0. The van der Waals surface area contributed by atoms with Gasteiger partial charge in [0, 0.05) is 16.5 Å². The van der Waals surface area contributed by atoms with Crippen LogP contribution >= 0.6 is 15.9 Å². The van der Waals surface area contributed by atoms with Crippen molar-refractivity contribution in [2.75, 3.05) is 0 Å². The fourth-order valence-corrected chi connectivity index (χ4v) is 2.36. The van der Waals surface area contributed by atoms with E-state index < -0.39 is 0 Å². The number of carbonyl (C=O) groups excluding carboxylic acids is 1. The summed E-state index contributed by atoms with van der Waals surface area (Å²) in [6.07, 6.45) is 8.04. The molecule has 18 heavy (non-hydrogen) atoms. The molecule has 1 aromatic rings. The first-order chi connectivity index (χ1) is 8.65. The molecule has 0 saturated carbocycles. The number of carbonyl (C=O) groups is 1. The second-order valence-electron chi connectivity index (χ2n) is 4.90. The quantitative estimate of drug-likeness (QED) is 0.445. The molecule has 0 atom stereocenters. The van der Waals surface area contributed by atoms with E-state index in [1.165, 1.54) is 37.7 Å². The minimum absolute atomic E-state index is 0.270. The van der Waals surface area contributed by atoms with Gasteiger partial charge in [-0.3, -0.25) is 4.79 Å². The molecule has 1 nitrogen and oxygen atoms in total. The summed E-state index contributed by atoms with van der Waals surface area (Å²) in [7, 11) is 0. The van der Waals surface area contributed by atoms with Crippen LogP contribution in [0.2, 0.25) is 0 Å². The molecule has 2 heteroatoms. The molecule has 100 valence electrons. The Bertz CT molecular complexity index is 385. The van der Waals surface area contributed by atoms with Crippen LogP contribution in [0.5, 0.6) is 0 Å². The van der Waals surface area contributed by atoms with Gasteiger partial charge in [0.15, 0.2) is 5.78 Å². The van der Waals surface area contributed by atoms with Gasteiger partial charge in [-0.2, -0.15) is 0 Å². The van der Waals surface area contributed by atoms with Crippen molar-refractivity contribution >= 4 is 21.7 Å². The van der Waals surface area contributed by atoms with Gasteiger partial charge in [0.1, 0.15) is 0 Å². The fourth-order valence-electron chi connectivity index (χ4n) is 1.98. The van der Waals surface area contributed by atoms with E-state index >= 15 is 0 Å². The van der Waals surface area contributed by atoms with E-state index in [2.05, 4.69) is 22.9 Å². The van der Waals surface area contributed by atoms with E-state index in [9.17, 15) is 4.79 Å². The van der Waals surface area contributed by atoms with Crippen molar-refractivity contribution in [2.24, 2.45) is 0 Å². The minimum atomic E-state index is 0.270. The summed E-state index contributed by atoms with van der Waals surface area (Å²) in [5.74, 6) is 0.270. The fraction of sp³-hybridized carbons (Fsp3) is 0.562. The molecule has 0 spiro atoms. The average molecular weight is 311 g/mol. The van der Waals surface area contributed by atoms with Crippen molar-refractivity contribution in [3.8, 4) is 0 Å². The monoisotopic (exact) mass is 310 g/mol. The number of benzene rings is 1. The van der Waals surface area contributed by atoms with E-state index in [-0.39, 0.29) is 5.78 Å². The summed E-state index contributed by atoms with van der Waals surface area (Å²) >= 11 is 3.47. The third kappa shape index (κ3) is 5.34. The molecule has 0 aromatic heterocycles. The van der Waals surface area contributed by atoms with Crippen LogP contribution in [-0.4, -0.2) is 5.78 Å². The third-order valence-electron chi connectivity index (χ3n) is 3.25. The normalized spacial score (nSPS) is 10.6. The third-order valence-corrected chi connectivity index (χ3v) is 4.11. The first kappa shape index (κ1) is 15.4. The molecular weight excluding hydrogens is 288 g/mol. The minimum Gasteiger partial charge on any atom is -0.294 e. The maximum Gasteiger partial charge on any atom is 0.162 e. The second kappa shape index (κ2) is 8.47. The molecule has 0 amide bonds. The second-order valence-corrected chi connectivity index (χ2v) is 5.76. The molecule has 0 aliphatic heterocycles. The van der Waals surface area contributed by atoms with Crippen LogP contribution in [0.3, 0.4) is 0 Å². The van der Waals surface area contributed by atoms with Crippen molar-refractivity contribution in [3.63, 3.8) is 0 Å². The lowest BCUT2D eigenvalue weighted by Gasteiger charge is -2.04. The highest BCUT2D eigenvalue weighted by molar-refractivity contribution is 9.10. The van der Waals surface area contributed by atoms with Gasteiger partial charge >= 0.3 is 0 Å². The van der Waals surface area contributed by atoms with Crippen LogP contribution in [0.15, 0.2) is 22.7 Å². The Balaban J connectivity index is 2.30. The highest BCUT2D eigenvalue weighted by atomic mass is 79.9. The van der Waals surface area contributed by atoms with Gasteiger partial charge in [0.25, 0.3) is 0 Å². The number of halogens is 1. The summed E-state index contributed by atoms with van der Waals surface area (Å²) in [5.41, 5.74) is 2.01. The Kier molecular flexibility index (Phi) is 7.26. The highest BCUT2D eigenvalue weighted by Crippen LogP contribution is 2.19. The van der Waals surface area contributed by atoms with Gasteiger partial charge < -0.3 is 0 Å². The number of unbranched alkanes of at least 4 members (excludes halogenated alkanes) is 5. The number of hydrogen-bond acceptors (Lipinski definition) is 1. The first-order valence-corrected chi connectivity index (χ1v) is 7.73. The Morgan fingerprint density at radius 2 is 1.78 bits per heavy atom. The number of hydrogen-bond donors (Lipinski definition) is 0. The lowest BCUT2D eigenvalue weighted by molar-refractivity contribution is 0.0979. The Labute approximate surface area is 119 Å². The standard InChI is InChI=1S/C16H23BrO/c1-3-4-5-6-7-8-9-16(18)14-11-10-13(2)15(17)12-14/h10-12H,3-9H2,1-2H3. The Morgan fingerprint density at radius 1 is 1.11 bits per heavy atom. The molecule has 0 N–H and O–H groups in total. The molecular formula is C16H23BrO. The summed E-state index contributed by atoms with van der Waals surface area (Å²) in [6, 6.07) is 5.87. The summed E-state index contributed by atoms with van der Waals surface area (Å²) in [4.78, 5) is 12.0. The molecule has 0 unspecified atom stereocenters. The van der Waals surface area contributed by atoms with Gasteiger partial charge in [-0.25, -0.2) is 0 Å². The molecule has 0 saturated heterocycles. The number of Topliss-reactive ketones (excluding diaryl/α,β-unsaturated/α-hetero) is 1. The van der Waals surface area contributed by atoms with Crippen LogP contribution in [0.4, 0.5) is 0 Å². The van der Waals surface area contributed by atoms with E-state index in [0.717, 1.165) is 16.5 Å². The van der Waals surface area contributed by atoms with Crippen molar-refractivity contribution in [2.45, 2.75) is 58.8 Å². The largest absolute Gasteiger partial charge is 0.294 e. The van der Waals surface area contributed by atoms with Gasteiger partial charge in [0.05, 0.1) is 0 Å². The Morgan fingerprint density at radius 3 is 2.44 bits per heavy atom. The molecule has 0 bridgehead atoms. The van der Waals surface area contributed by atoms with E-state index in [0.29, 0.717) is 6.42 Å². The summed E-state index contributed by atoms with van der Waals surface area (Å²) in [5, 5.41) is 0. The number of ketones is 1. The molecule has 1 aromatic carbocycles. The molecule has 1 rings (SSSR count). The number of aryl methyl sites for hydroxylation is 1. The van der Waals surface area contributed by atoms with E-state index in [1.807, 2.05) is 25.1 Å². The summed E-state index contributed by atoms with van der Waals surface area (Å²) < 4.78 is 1.02. The molecule has 0 aliphatic carbocycles. The van der Waals surface area contributed by atoms with Crippen molar-refractivity contribution in [1.29, 1.82) is 0 Å². The van der Waals surface area contributed by atoms with Crippen molar-refractivity contribution in [3.05, 3.63) is 33.8 Å². The summed E-state index contributed by atoms with van der Waals surface area (Å²) in [6.45, 7) is 4.25. The number of rotatable bonds is 8. The van der Waals surface area contributed by atoms with Gasteiger partial charge in [-0.1, -0.05) is 67.1 Å². The van der Waals surface area contributed by atoms with Crippen LogP contribution in [0.25, 0.3) is 0 Å². The van der Waals surface area contributed by atoms with Gasteiger partial charge in [0.2, 0.25) is 0 Å². The van der Waals surface area contributed by atoms with Crippen LogP contribution in [-0.2, 0) is 0 Å². The topological polar surface area (TPSA) is 17.1 Å². The zero-order chi connectivity index (χ0) is 13.4. The predicted octanol–water partition coefficient (Wildman–Crippen LogP) is 5.69. The predicted molar refractivity (Wildman–Crippen MR) is 81.2 cm³/mol. The van der Waals surface area contributed by atoms with Gasteiger partial charge in [-0.15, -0.1) is 0 Å². The zero-order valence-corrected chi connectivity index (χ0v) is 13.1. The van der Waals surface area contributed by atoms with Crippen LogP contribution < -0.4 is 0 Å². The maximum absolute atomic E-state index is 12.0. The van der Waals surface area contributed by atoms with Crippen molar-refractivity contribution < 1.29 is 4.79 Å². The Hall–Kier alpha value is -0.630. The van der Waals surface area contributed by atoms with Gasteiger partial charge in [-0.05, 0) is 25.0 Å². The first-order valence-electron chi connectivity index (χ1n) is 6.94. The smallest absolute Gasteiger partial charge is 0.162 e. The molecule has 0 heterocycles. The van der Waals surface area contributed by atoms with E-state index in [4.69, 9.17) is 0 Å². The lowest BCUT2D eigenvalue weighted by Crippen LogP contribution is -1.99. The highest BCUT2D eigenvalue weighted by Gasteiger charge is 2.06. The average Bonchev–Trinajstić information content (AvgIpc) is 2.36. The van der Waals surface area contributed by atoms with Crippen LogP contribution in [0.1, 0.15) is 67.8 Å². The lowest BCUT2D eigenvalue weighted by atomic mass is 10.0. The van der Waals surface area contributed by atoms with Crippen molar-refractivity contribution in [1.82, 2.24) is 0 Å². The molecule has 0 radical (unpaired) electrons. The molecule has 0 aliphatic rings. The van der Waals surface area contributed by atoms with E-state index in [1.54, 1.807) is 0 Å². The zero-order valence-electron chi connectivity index (χ0n) is 11.5. The SMILES string of the molecule is CCCCCCCCC(=O)c1ccc(C)c(Br)c1. The molecule has 0 fully saturated rings.